The van der Waals surface area contributed by atoms with E-state index in [1.54, 1.807) is 0 Å². The molecule has 102 valence electrons. The lowest BCUT2D eigenvalue weighted by molar-refractivity contribution is 0.0418. The third-order valence-electron chi connectivity index (χ3n) is 4.91. The van der Waals surface area contributed by atoms with Gasteiger partial charge in [-0.15, -0.1) is 0 Å². The van der Waals surface area contributed by atoms with Crippen LogP contribution < -0.4 is 10.6 Å². The number of ether oxygens (including phenoxy) is 1. The molecule has 0 radical (unpaired) electrons. The molecule has 3 fully saturated rings. The summed E-state index contributed by atoms with van der Waals surface area (Å²) >= 11 is 0. The quantitative estimate of drug-likeness (QED) is 0.749. The second-order valence-corrected chi connectivity index (χ2v) is 7.21. The summed E-state index contributed by atoms with van der Waals surface area (Å²) in [6.45, 7) is 7.92. The number of nitrogens with one attached hydrogen (secondary N) is 2. The molecule has 0 aromatic carbocycles. The zero-order chi connectivity index (χ0) is 13.0. The lowest BCUT2D eigenvalue weighted by Gasteiger charge is -2.36. The van der Waals surface area contributed by atoms with E-state index in [0.717, 1.165) is 37.8 Å². The van der Waals surface area contributed by atoms with Crippen molar-refractivity contribution in [3.8, 4) is 0 Å². The van der Waals surface area contributed by atoms with E-state index >= 15 is 0 Å². The van der Waals surface area contributed by atoms with Crippen molar-refractivity contribution in [2.45, 2.75) is 51.2 Å². The first-order chi connectivity index (χ1) is 8.40. The van der Waals surface area contributed by atoms with Gasteiger partial charge in [-0.1, -0.05) is 0 Å². The van der Waals surface area contributed by atoms with Gasteiger partial charge < -0.3 is 15.4 Å². The molecule has 4 atom stereocenters. The number of carbonyl (C=O) groups is 1. The number of hydrogen-bond donors (Lipinski definition) is 2. The van der Waals surface area contributed by atoms with Gasteiger partial charge in [0.05, 0.1) is 0 Å². The maximum Gasteiger partial charge on any atom is 0.408 e. The number of alkyl carbamates (subject to hydrolysis) is 1. The molecule has 4 unspecified atom stereocenters. The summed E-state index contributed by atoms with van der Waals surface area (Å²) in [5.74, 6) is 2.19. The summed E-state index contributed by atoms with van der Waals surface area (Å²) in [6, 6.07) is 0. The first kappa shape index (κ1) is 12.3. The molecule has 1 saturated heterocycles. The molecule has 18 heavy (non-hydrogen) atoms. The van der Waals surface area contributed by atoms with Crippen LogP contribution in [0.25, 0.3) is 0 Å². The lowest BCUT2D eigenvalue weighted by atomic mass is 9.77. The molecule has 1 aliphatic heterocycles. The monoisotopic (exact) mass is 252 g/mol. The van der Waals surface area contributed by atoms with Crippen molar-refractivity contribution >= 4 is 6.09 Å². The maximum atomic E-state index is 12.0. The second kappa shape index (κ2) is 3.86. The van der Waals surface area contributed by atoms with Gasteiger partial charge in [-0.2, -0.15) is 0 Å². The van der Waals surface area contributed by atoms with Crippen LogP contribution in [-0.4, -0.2) is 30.3 Å². The topological polar surface area (TPSA) is 50.4 Å². The Bertz CT molecular complexity index is 363. The molecule has 0 spiro atoms. The standard InChI is InChI=1S/C14H24N2O2/c1-13(2,3)18-12(17)16-14-5-4-9(6-14)10-7-15-8-11(10)14/h9-11,15H,4-8H2,1-3H3,(H,16,17). The van der Waals surface area contributed by atoms with Crippen molar-refractivity contribution in [1.82, 2.24) is 10.6 Å². The first-order valence-electron chi connectivity index (χ1n) is 7.11. The summed E-state index contributed by atoms with van der Waals surface area (Å²) in [6.07, 6.45) is 3.30. The van der Waals surface area contributed by atoms with E-state index in [1.165, 1.54) is 6.42 Å². The molecule has 0 aromatic heterocycles. The summed E-state index contributed by atoms with van der Waals surface area (Å²) in [5.41, 5.74) is -0.397. The van der Waals surface area contributed by atoms with E-state index in [1.807, 2.05) is 20.8 Å². The predicted octanol–water partition coefficient (Wildman–Crippen LogP) is 1.90. The third kappa shape index (κ3) is 1.91. The number of fused-ring (bicyclic) bond motifs is 5. The predicted molar refractivity (Wildman–Crippen MR) is 69.3 cm³/mol. The minimum Gasteiger partial charge on any atom is -0.444 e. The van der Waals surface area contributed by atoms with Gasteiger partial charge >= 0.3 is 6.09 Å². The number of carbonyl (C=O) groups excluding carboxylic acids is 1. The minimum atomic E-state index is -0.412. The zero-order valence-corrected chi connectivity index (χ0v) is 11.6. The van der Waals surface area contributed by atoms with Crippen LogP contribution in [0.3, 0.4) is 0 Å². The largest absolute Gasteiger partial charge is 0.444 e. The average Bonchev–Trinajstić information content (AvgIpc) is 2.82. The highest BCUT2D eigenvalue weighted by atomic mass is 16.6. The zero-order valence-electron chi connectivity index (χ0n) is 11.6. The van der Waals surface area contributed by atoms with Crippen molar-refractivity contribution in [1.29, 1.82) is 0 Å². The Morgan fingerprint density at radius 1 is 1.39 bits per heavy atom. The fourth-order valence-corrected chi connectivity index (χ4v) is 4.33. The molecule has 1 heterocycles. The van der Waals surface area contributed by atoms with Crippen LogP contribution in [0.1, 0.15) is 40.0 Å². The van der Waals surface area contributed by atoms with Crippen LogP contribution in [0.15, 0.2) is 0 Å². The van der Waals surface area contributed by atoms with Crippen LogP contribution >= 0.6 is 0 Å². The summed E-state index contributed by atoms with van der Waals surface area (Å²) in [4.78, 5) is 12.0. The molecule has 2 bridgehead atoms. The summed E-state index contributed by atoms with van der Waals surface area (Å²) in [5, 5.41) is 6.69. The van der Waals surface area contributed by atoms with E-state index in [9.17, 15) is 4.79 Å². The first-order valence-corrected chi connectivity index (χ1v) is 7.11. The van der Waals surface area contributed by atoms with Gasteiger partial charge in [0.2, 0.25) is 0 Å². The van der Waals surface area contributed by atoms with Crippen molar-refractivity contribution in [2.75, 3.05) is 13.1 Å². The normalized spacial score (nSPS) is 41.8. The highest BCUT2D eigenvalue weighted by Gasteiger charge is 2.59. The Hall–Kier alpha value is -0.770. The average molecular weight is 252 g/mol. The van der Waals surface area contributed by atoms with Crippen molar-refractivity contribution in [3.63, 3.8) is 0 Å². The minimum absolute atomic E-state index is 0.0150. The van der Waals surface area contributed by atoms with Crippen LogP contribution in [0.5, 0.6) is 0 Å². The van der Waals surface area contributed by atoms with E-state index < -0.39 is 5.60 Å². The van der Waals surface area contributed by atoms with Gasteiger partial charge in [-0.3, -0.25) is 0 Å². The molecule has 4 nitrogen and oxygen atoms in total. The van der Waals surface area contributed by atoms with Gasteiger partial charge in [-0.05, 0) is 64.3 Å². The number of hydrogen-bond acceptors (Lipinski definition) is 3. The second-order valence-electron chi connectivity index (χ2n) is 7.21. The van der Waals surface area contributed by atoms with Crippen LogP contribution in [0, 0.1) is 17.8 Å². The third-order valence-corrected chi connectivity index (χ3v) is 4.91. The summed E-state index contributed by atoms with van der Waals surface area (Å²) in [7, 11) is 0. The molecular formula is C14H24N2O2. The van der Waals surface area contributed by atoms with Crippen LogP contribution in [0.2, 0.25) is 0 Å². The van der Waals surface area contributed by atoms with Gasteiger partial charge in [0.1, 0.15) is 5.60 Å². The highest BCUT2D eigenvalue weighted by molar-refractivity contribution is 5.69. The Morgan fingerprint density at radius 3 is 2.89 bits per heavy atom. The molecule has 2 saturated carbocycles. The van der Waals surface area contributed by atoms with Crippen LogP contribution in [-0.2, 0) is 4.74 Å². The molecule has 3 rings (SSSR count). The van der Waals surface area contributed by atoms with E-state index in [0.29, 0.717) is 5.92 Å². The van der Waals surface area contributed by atoms with Crippen molar-refractivity contribution in [2.24, 2.45) is 17.8 Å². The van der Waals surface area contributed by atoms with E-state index in [-0.39, 0.29) is 11.6 Å². The molecule has 3 aliphatic rings. The van der Waals surface area contributed by atoms with Crippen molar-refractivity contribution < 1.29 is 9.53 Å². The fraction of sp³-hybridized carbons (Fsp3) is 0.929. The Morgan fingerprint density at radius 2 is 2.17 bits per heavy atom. The van der Waals surface area contributed by atoms with Gasteiger partial charge in [0.15, 0.2) is 0 Å². The van der Waals surface area contributed by atoms with Gasteiger partial charge in [0, 0.05) is 12.1 Å². The Kier molecular flexibility index (Phi) is 2.63. The summed E-state index contributed by atoms with van der Waals surface area (Å²) < 4.78 is 5.42. The number of amides is 1. The Labute approximate surface area is 109 Å². The van der Waals surface area contributed by atoms with Crippen LogP contribution in [0.4, 0.5) is 4.79 Å². The highest BCUT2D eigenvalue weighted by Crippen LogP contribution is 2.56. The maximum absolute atomic E-state index is 12.0. The van der Waals surface area contributed by atoms with E-state index in [2.05, 4.69) is 10.6 Å². The smallest absolute Gasteiger partial charge is 0.408 e. The SMILES string of the molecule is CC(C)(C)OC(=O)NC12CCC(C1)C1CNCC12. The molecule has 2 N–H and O–H groups in total. The Balaban J connectivity index is 1.70. The lowest BCUT2D eigenvalue weighted by Crippen LogP contribution is -2.53. The molecule has 0 aromatic rings. The van der Waals surface area contributed by atoms with Gasteiger partial charge in [0.25, 0.3) is 0 Å². The molecular weight excluding hydrogens is 228 g/mol. The van der Waals surface area contributed by atoms with Gasteiger partial charge in [-0.25, -0.2) is 4.79 Å². The molecule has 1 amide bonds. The molecule has 2 aliphatic carbocycles. The van der Waals surface area contributed by atoms with Crippen molar-refractivity contribution in [3.05, 3.63) is 0 Å². The molecule has 4 heteroatoms. The number of rotatable bonds is 1. The van der Waals surface area contributed by atoms with E-state index in [4.69, 9.17) is 4.74 Å². The fourth-order valence-electron chi connectivity index (χ4n) is 4.33.